The van der Waals surface area contributed by atoms with Crippen molar-refractivity contribution in [3.8, 4) is 5.69 Å². The van der Waals surface area contributed by atoms with Gasteiger partial charge >= 0.3 is 0 Å². The van der Waals surface area contributed by atoms with Gasteiger partial charge in [0.05, 0.1) is 22.6 Å². The van der Waals surface area contributed by atoms with Gasteiger partial charge in [-0.15, -0.1) is 0 Å². The summed E-state index contributed by atoms with van der Waals surface area (Å²) in [5.41, 5.74) is 4.62. The first-order valence-corrected chi connectivity index (χ1v) is 9.27. The highest BCUT2D eigenvalue weighted by atomic mass is 19.1. The number of Topliss-reactive ketones (excluding diaryl/α,β-unsaturated/α-hetero) is 1. The minimum atomic E-state index is -0.302. The third-order valence-corrected chi connectivity index (χ3v) is 4.99. The predicted molar refractivity (Wildman–Crippen MR) is 103 cm³/mol. The maximum absolute atomic E-state index is 12.9. The van der Waals surface area contributed by atoms with Gasteiger partial charge in [-0.25, -0.2) is 9.07 Å². The molecule has 1 N–H and O–H groups in total. The van der Waals surface area contributed by atoms with Gasteiger partial charge in [0.25, 0.3) is 5.91 Å². The van der Waals surface area contributed by atoms with Gasteiger partial charge in [-0.1, -0.05) is 12.1 Å². The number of ketones is 1. The van der Waals surface area contributed by atoms with Gasteiger partial charge in [-0.2, -0.15) is 5.10 Å². The lowest BCUT2D eigenvalue weighted by atomic mass is 9.94. The Morgan fingerprint density at radius 3 is 2.54 bits per heavy atom. The lowest BCUT2D eigenvalue weighted by molar-refractivity contribution is 0.0948. The summed E-state index contributed by atoms with van der Waals surface area (Å²) in [7, 11) is 0. The van der Waals surface area contributed by atoms with E-state index in [2.05, 4.69) is 10.4 Å². The second kappa shape index (κ2) is 7.38. The number of nitrogens with one attached hydrogen (secondary N) is 1. The normalized spacial score (nSPS) is 13.3. The average Bonchev–Trinajstić information content (AvgIpc) is 3.05. The molecule has 0 fully saturated rings. The lowest BCUT2D eigenvalue weighted by Gasteiger charge is -2.13. The number of hydrogen-bond acceptors (Lipinski definition) is 3. The number of rotatable bonds is 4. The van der Waals surface area contributed by atoms with E-state index in [0.717, 1.165) is 41.0 Å². The summed E-state index contributed by atoms with van der Waals surface area (Å²) >= 11 is 0. The standard InChI is InChI=1S/C22H20FN3O2/c1-14-21-19(3-2-4-20(21)27)26(25-14)18-11-7-16(8-12-18)22(28)24-13-15-5-9-17(23)10-6-15/h5-12H,2-4,13H2,1H3,(H,24,28). The van der Waals surface area contributed by atoms with E-state index >= 15 is 0 Å². The van der Waals surface area contributed by atoms with Crippen LogP contribution in [0.15, 0.2) is 48.5 Å². The molecule has 0 unspecified atom stereocenters. The molecule has 1 heterocycles. The van der Waals surface area contributed by atoms with Crippen LogP contribution in [-0.4, -0.2) is 21.5 Å². The third-order valence-electron chi connectivity index (χ3n) is 4.99. The fourth-order valence-corrected chi connectivity index (χ4v) is 3.56. The van der Waals surface area contributed by atoms with Crippen LogP contribution < -0.4 is 5.32 Å². The second-order valence-electron chi connectivity index (χ2n) is 6.95. The summed E-state index contributed by atoms with van der Waals surface area (Å²) in [5.74, 6) is -0.352. The number of carbonyl (C=O) groups is 2. The van der Waals surface area contributed by atoms with Crippen LogP contribution in [0.1, 0.15) is 50.5 Å². The zero-order valence-electron chi connectivity index (χ0n) is 15.5. The number of aryl methyl sites for hydroxylation is 1. The predicted octanol–water partition coefficient (Wildman–Crippen LogP) is 3.77. The summed E-state index contributed by atoms with van der Waals surface area (Å²) in [6, 6.07) is 13.2. The maximum atomic E-state index is 12.9. The van der Waals surface area contributed by atoms with E-state index in [1.54, 1.807) is 24.3 Å². The van der Waals surface area contributed by atoms with E-state index in [0.29, 0.717) is 18.5 Å². The molecular weight excluding hydrogens is 357 g/mol. The average molecular weight is 377 g/mol. The highest BCUT2D eigenvalue weighted by molar-refractivity contribution is 5.99. The molecule has 5 nitrogen and oxygen atoms in total. The van der Waals surface area contributed by atoms with Crippen molar-refractivity contribution in [3.63, 3.8) is 0 Å². The van der Waals surface area contributed by atoms with Crippen LogP contribution in [0.25, 0.3) is 5.69 Å². The molecule has 1 aliphatic rings. The monoisotopic (exact) mass is 377 g/mol. The summed E-state index contributed by atoms with van der Waals surface area (Å²) in [6.07, 6.45) is 2.23. The molecule has 0 atom stereocenters. The van der Waals surface area contributed by atoms with Gasteiger partial charge in [0, 0.05) is 18.5 Å². The molecule has 2 aromatic carbocycles. The van der Waals surface area contributed by atoms with Gasteiger partial charge < -0.3 is 5.32 Å². The molecule has 3 aromatic rings. The summed E-state index contributed by atoms with van der Waals surface area (Å²) in [4.78, 5) is 24.5. The first-order chi connectivity index (χ1) is 13.5. The topological polar surface area (TPSA) is 64.0 Å². The molecule has 0 aliphatic heterocycles. The van der Waals surface area contributed by atoms with Crippen LogP contribution >= 0.6 is 0 Å². The van der Waals surface area contributed by atoms with E-state index in [9.17, 15) is 14.0 Å². The first-order valence-electron chi connectivity index (χ1n) is 9.27. The fourth-order valence-electron chi connectivity index (χ4n) is 3.56. The van der Waals surface area contributed by atoms with E-state index in [1.165, 1.54) is 12.1 Å². The molecule has 1 aliphatic carbocycles. The number of aromatic nitrogens is 2. The summed E-state index contributed by atoms with van der Waals surface area (Å²) < 4.78 is 14.8. The molecule has 0 bridgehead atoms. The van der Waals surface area contributed by atoms with Crippen LogP contribution in [0.4, 0.5) is 4.39 Å². The van der Waals surface area contributed by atoms with Crippen LogP contribution in [0.3, 0.4) is 0 Å². The van der Waals surface area contributed by atoms with Gasteiger partial charge in [0.2, 0.25) is 0 Å². The quantitative estimate of drug-likeness (QED) is 0.753. The fraction of sp³-hybridized carbons (Fsp3) is 0.227. The Balaban J connectivity index is 1.50. The van der Waals surface area contributed by atoms with Crippen molar-refractivity contribution in [3.05, 3.63) is 82.4 Å². The zero-order valence-corrected chi connectivity index (χ0v) is 15.5. The van der Waals surface area contributed by atoms with Crippen LogP contribution in [0.5, 0.6) is 0 Å². The number of amides is 1. The molecule has 28 heavy (non-hydrogen) atoms. The summed E-state index contributed by atoms with van der Waals surface area (Å²) in [6.45, 7) is 2.19. The van der Waals surface area contributed by atoms with Crippen molar-refractivity contribution in [1.29, 1.82) is 0 Å². The van der Waals surface area contributed by atoms with Crippen molar-refractivity contribution in [2.45, 2.75) is 32.7 Å². The highest BCUT2D eigenvalue weighted by Gasteiger charge is 2.25. The minimum absolute atomic E-state index is 0.154. The molecular formula is C22H20FN3O2. The number of nitrogens with zero attached hydrogens (tertiary/aromatic N) is 2. The van der Waals surface area contributed by atoms with Gasteiger partial charge in [0.15, 0.2) is 5.78 Å². The van der Waals surface area contributed by atoms with Crippen molar-refractivity contribution in [1.82, 2.24) is 15.1 Å². The number of fused-ring (bicyclic) bond motifs is 1. The highest BCUT2D eigenvalue weighted by Crippen LogP contribution is 2.26. The van der Waals surface area contributed by atoms with E-state index < -0.39 is 0 Å². The van der Waals surface area contributed by atoms with Gasteiger partial charge in [0.1, 0.15) is 5.82 Å². The van der Waals surface area contributed by atoms with E-state index in [1.807, 2.05) is 23.7 Å². The van der Waals surface area contributed by atoms with Gasteiger partial charge in [-0.3, -0.25) is 9.59 Å². The third kappa shape index (κ3) is 3.45. The molecule has 6 heteroatoms. The van der Waals surface area contributed by atoms with Crippen LogP contribution in [0, 0.1) is 12.7 Å². The lowest BCUT2D eigenvalue weighted by Crippen LogP contribution is -2.22. The molecule has 0 saturated carbocycles. The SMILES string of the molecule is Cc1nn(-c2ccc(C(=O)NCc3ccc(F)cc3)cc2)c2c1C(=O)CCC2. The second-order valence-corrected chi connectivity index (χ2v) is 6.95. The molecule has 4 rings (SSSR count). The molecule has 1 aromatic heterocycles. The molecule has 142 valence electrons. The van der Waals surface area contributed by atoms with Crippen LogP contribution in [0.2, 0.25) is 0 Å². The van der Waals surface area contributed by atoms with E-state index in [-0.39, 0.29) is 17.5 Å². The molecule has 1 amide bonds. The molecule has 0 saturated heterocycles. The Morgan fingerprint density at radius 1 is 1.11 bits per heavy atom. The Morgan fingerprint density at radius 2 is 1.82 bits per heavy atom. The maximum Gasteiger partial charge on any atom is 0.251 e. The number of halogens is 1. The summed E-state index contributed by atoms with van der Waals surface area (Å²) in [5, 5.41) is 7.36. The first kappa shape index (κ1) is 18.1. The Kier molecular flexibility index (Phi) is 4.77. The molecule has 0 radical (unpaired) electrons. The number of hydrogen-bond donors (Lipinski definition) is 1. The number of carbonyl (C=O) groups excluding carboxylic acids is 2. The van der Waals surface area contributed by atoms with Crippen LogP contribution in [-0.2, 0) is 13.0 Å². The number of benzene rings is 2. The van der Waals surface area contributed by atoms with Crippen molar-refractivity contribution < 1.29 is 14.0 Å². The Bertz CT molecular complexity index is 1040. The van der Waals surface area contributed by atoms with Crippen molar-refractivity contribution in [2.24, 2.45) is 0 Å². The van der Waals surface area contributed by atoms with Gasteiger partial charge in [-0.05, 0) is 61.7 Å². The van der Waals surface area contributed by atoms with E-state index in [4.69, 9.17) is 0 Å². The van der Waals surface area contributed by atoms with Crippen molar-refractivity contribution >= 4 is 11.7 Å². The zero-order chi connectivity index (χ0) is 19.7. The molecule has 0 spiro atoms. The minimum Gasteiger partial charge on any atom is -0.348 e. The van der Waals surface area contributed by atoms with Crippen molar-refractivity contribution in [2.75, 3.05) is 0 Å². The Hall–Kier alpha value is -3.28. The smallest absolute Gasteiger partial charge is 0.251 e. The Labute approximate surface area is 162 Å². The largest absolute Gasteiger partial charge is 0.348 e.